The average molecular weight is 337 g/mol. The zero-order valence-corrected chi connectivity index (χ0v) is 13.4. The van der Waals surface area contributed by atoms with Gasteiger partial charge >= 0.3 is 0 Å². The Morgan fingerprint density at radius 1 is 1.10 bits per heavy atom. The molecule has 1 aliphatic rings. The van der Waals surface area contributed by atoms with Gasteiger partial charge in [-0.2, -0.15) is 0 Å². The highest BCUT2D eigenvalue weighted by Crippen LogP contribution is 2.26. The monoisotopic (exact) mass is 336 g/mol. The average Bonchev–Trinajstić information content (AvgIpc) is 2.37. The van der Waals surface area contributed by atoms with E-state index < -0.39 is 15.6 Å². The van der Waals surface area contributed by atoms with Crippen molar-refractivity contribution in [2.75, 3.05) is 6.54 Å². The molecular weight excluding hydrogens is 319 g/mol. The lowest BCUT2D eigenvalue weighted by atomic mass is 9.83. The summed E-state index contributed by atoms with van der Waals surface area (Å²) in [6.07, 6.45) is 4.93. The van der Waals surface area contributed by atoms with Crippen molar-refractivity contribution in [1.82, 2.24) is 4.72 Å². The third kappa shape index (κ3) is 4.09. The van der Waals surface area contributed by atoms with Gasteiger partial charge < -0.3 is 5.73 Å². The zero-order chi connectivity index (χ0) is 14.8. The van der Waals surface area contributed by atoms with Crippen LogP contribution < -0.4 is 10.5 Å². The van der Waals surface area contributed by atoms with Gasteiger partial charge in [0.2, 0.25) is 10.0 Å². The molecule has 1 saturated carbocycles. The van der Waals surface area contributed by atoms with Gasteiger partial charge in [-0.05, 0) is 31.0 Å². The summed E-state index contributed by atoms with van der Waals surface area (Å²) >= 11 is 11.7. The highest BCUT2D eigenvalue weighted by Gasteiger charge is 2.29. The van der Waals surface area contributed by atoms with Gasteiger partial charge in [0.15, 0.2) is 0 Å². The Kier molecular flexibility index (Phi) is 4.97. The smallest absolute Gasteiger partial charge is 0.240 e. The van der Waals surface area contributed by atoms with Gasteiger partial charge in [0, 0.05) is 22.1 Å². The van der Waals surface area contributed by atoms with Crippen molar-refractivity contribution in [1.29, 1.82) is 0 Å². The Balaban J connectivity index is 2.11. The number of nitrogens with two attached hydrogens (primary N) is 1. The van der Waals surface area contributed by atoms with Gasteiger partial charge in [0.05, 0.1) is 4.90 Å². The first-order chi connectivity index (χ1) is 9.31. The molecular formula is C13H18Cl2N2O2S. The minimum absolute atomic E-state index is 0.0643. The lowest BCUT2D eigenvalue weighted by molar-refractivity contribution is 0.296. The zero-order valence-electron chi connectivity index (χ0n) is 11.0. The second-order valence-corrected chi connectivity index (χ2v) is 7.99. The molecule has 0 bridgehead atoms. The summed E-state index contributed by atoms with van der Waals surface area (Å²) in [7, 11) is -3.64. The molecule has 0 spiro atoms. The maximum absolute atomic E-state index is 12.2. The molecule has 1 aliphatic carbocycles. The minimum Gasteiger partial charge on any atom is -0.324 e. The van der Waals surface area contributed by atoms with Crippen LogP contribution in [-0.2, 0) is 10.0 Å². The van der Waals surface area contributed by atoms with Crippen LogP contribution in [0.15, 0.2) is 23.1 Å². The van der Waals surface area contributed by atoms with Crippen molar-refractivity contribution >= 4 is 33.2 Å². The van der Waals surface area contributed by atoms with Crippen molar-refractivity contribution in [2.45, 2.75) is 42.5 Å². The second-order valence-electron chi connectivity index (χ2n) is 5.35. The number of nitrogens with one attached hydrogen (secondary N) is 1. The van der Waals surface area contributed by atoms with E-state index in [2.05, 4.69) is 4.72 Å². The van der Waals surface area contributed by atoms with Gasteiger partial charge in [-0.1, -0.05) is 42.5 Å². The molecule has 0 heterocycles. The van der Waals surface area contributed by atoms with Crippen molar-refractivity contribution in [3.05, 3.63) is 28.2 Å². The second kappa shape index (κ2) is 6.20. The normalized spacial score (nSPS) is 18.9. The molecule has 0 radical (unpaired) electrons. The van der Waals surface area contributed by atoms with Crippen LogP contribution in [0.3, 0.4) is 0 Å². The van der Waals surface area contributed by atoms with Crippen molar-refractivity contribution < 1.29 is 8.42 Å². The van der Waals surface area contributed by atoms with Crippen LogP contribution in [0.25, 0.3) is 0 Å². The quantitative estimate of drug-likeness (QED) is 0.887. The van der Waals surface area contributed by atoms with Crippen LogP contribution in [0, 0.1) is 0 Å². The Labute approximate surface area is 129 Å². The highest BCUT2D eigenvalue weighted by molar-refractivity contribution is 7.89. The molecule has 3 N–H and O–H groups in total. The number of benzene rings is 1. The molecule has 4 nitrogen and oxygen atoms in total. The fourth-order valence-electron chi connectivity index (χ4n) is 2.44. The minimum atomic E-state index is -3.64. The third-order valence-electron chi connectivity index (χ3n) is 3.61. The lowest BCUT2D eigenvalue weighted by Gasteiger charge is -2.33. The number of hydrogen-bond donors (Lipinski definition) is 2. The Morgan fingerprint density at radius 3 is 2.20 bits per heavy atom. The summed E-state index contributed by atoms with van der Waals surface area (Å²) in [5.74, 6) is 0. The number of hydrogen-bond acceptors (Lipinski definition) is 3. The van der Waals surface area contributed by atoms with Crippen LogP contribution in [0.5, 0.6) is 0 Å². The van der Waals surface area contributed by atoms with Crippen LogP contribution in [0.1, 0.15) is 32.1 Å². The Hall–Kier alpha value is -0.330. The van der Waals surface area contributed by atoms with Crippen molar-refractivity contribution in [3.63, 3.8) is 0 Å². The van der Waals surface area contributed by atoms with E-state index in [9.17, 15) is 8.42 Å². The van der Waals surface area contributed by atoms with E-state index in [4.69, 9.17) is 28.9 Å². The molecule has 7 heteroatoms. The van der Waals surface area contributed by atoms with Crippen LogP contribution in [0.2, 0.25) is 10.0 Å². The van der Waals surface area contributed by atoms with Gasteiger partial charge in [0.1, 0.15) is 0 Å². The topological polar surface area (TPSA) is 72.2 Å². The molecule has 0 amide bonds. The molecule has 1 fully saturated rings. The summed E-state index contributed by atoms with van der Waals surface area (Å²) in [5.41, 5.74) is 5.77. The maximum Gasteiger partial charge on any atom is 0.240 e. The molecule has 0 aromatic heterocycles. The SMILES string of the molecule is NC1(CNS(=O)(=O)c2cc(Cl)cc(Cl)c2)CCCCC1. The molecule has 0 aliphatic heterocycles. The van der Waals surface area contributed by atoms with Crippen molar-refractivity contribution in [2.24, 2.45) is 5.73 Å². The molecule has 0 atom stereocenters. The maximum atomic E-state index is 12.2. The number of halogens is 2. The number of sulfonamides is 1. The first-order valence-electron chi connectivity index (χ1n) is 6.55. The fourth-order valence-corrected chi connectivity index (χ4v) is 4.30. The van der Waals surface area contributed by atoms with E-state index in [1.165, 1.54) is 18.2 Å². The summed E-state index contributed by atoms with van der Waals surface area (Å²) < 4.78 is 27.0. The summed E-state index contributed by atoms with van der Waals surface area (Å²) in [6.45, 7) is 0.236. The third-order valence-corrected chi connectivity index (χ3v) is 5.43. The standard InChI is InChI=1S/C13H18Cl2N2O2S/c14-10-6-11(15)8-12(7-10)20(18,19)17-9-13(16)4-2-1-3-5-13/h6-8,17H,1-5,9,16H2. The lowest BCUT2D eigenvalue weighted by Crippen LogP contribution is -2.51. The molecule has 1 aromatic carbocycles. The fraction of sp³-hybridized carbons (Fsp3) is 0.538. The first-order valence-corrected chi connectivity index (χ1v) is 8.79. The van der Waals surface area contributed by atoms with E-state index in [0.29, 0.717) is 0 Å². The van der Waals surface area contributed by atoms with Crippen molar-refractivity contribution in [3.8, 4) is 0 Å². The predicted octanol–water partition coefficient (Wildman–Crippen LogP) is 2.93. The van der Waals surface area contributed by atoms with Gasteiger partial charge in [-0.15, -0.1) is 0 Å². The first kappa shape index (κ1) is 16.0. The van der Waals surface area contributed by atoms with Crippen LogP contribution in [0.4, 0.5) is 0 Å². The van der Waals surface area contributed by atoms with Gasteiger partial charge in [-0.3, -0.25) is 0 Å². The van der Waals surface area contributed by atoms with E-state index in [-0.39, 0.29) is 21.5 Å². The van der Waals surface area contributed by atoms with Gasteiger partial charge in [-0.25, -0.2) is 13.1 Å². The molecule has 2 rings (SSSR count). The molecule has 0 saturated heterocycles. The largest absolute Gasteiger partial charge is 0.324 e. The van der Waals surface area contributed by atoms with Gasteiger partial charge in [0.25, 0.3) is 0 Å². The van der Waals surface area contributed by atoms with E-state index in [1.807, 2.05) is 0 Å². The molecule has 20 heavy (non-hydrogen) atoms. The summed E-state index contributed by atoms with van der Waals surface area (Å²) in [4.78, 5) is 0.0643. The Bertz CT molecular complexity index is 564. The predicted molar refractivity (Wildman–Crippen MR) is 81.7 cm³/mol. The summed E-state index contributed by atoms with van der Waals surface area (Å²) in [5, 5.41) is 0.580. The molecule has 112 valence electrons. The Morgan fingerprint density at radius 2 is 1.65 bits per heavy atom. The van der Waals surface area contributed by atoms with Crippen LogP contribution in [-0.4, -0.2) is 20.5 Å². The number of rotatable bonds is 4. The highest BCUT2D eigenvalue weighted by atomic mass is 35.5. The molecule has 0 unspecified atom stereocenters. The van der Waals surface area contributed by atoms with E-state index >= 15 is 0 Å². The van der Waals surface area contributed by atoms with E-state index in [1.54, 1.807) is 0 Å². The van der Waals surface area contributed by atoms with Crippen LogP contribution >= 0.6 is 23.2 Å². The summed E-state index contributed by atoms with van der Waals surface area (Å²) in [6, 6.07) is 4.24. The molecule has 1 aromatic rings. The van der Waals surface area contributed by atoms with E-state index in [0.717, 1.165) is 32.1 Å².